The lowest BCUT2D eigenvalue weighted by molar-refractivity contribution is 0.633. The summed E-state index contributed by atoms with van der Waals surface area (Å²) >= 11 is 0. The zero-order valence-corrected chi connectivity index (χ0v) is 7.25. The predicted octanol–water partition coefficient (Wildman–Crippen LogP) is 0.365. The van der Waals surface area contributed by atoms with E-state index in [1.807, 2.05) is 6.92 Å². The Morgan fingerprint density at radius 1 is 1.70 bits per heavy atom. The highest BCUT2D eigenvalue weighted by atomic mass is 32.2. The second-order valence-electron chi connectivity index (χ2n) is 2.75. The maximum absolute atomic E-state index is 11.1. The molecule has 10 heavy (non-hydrogen) atoms. The van der Waals surface area contributed by atoms with E-state index in [-0.39, 0.29) is 0 Å². The Morgan fingerprint density at radius 3 is 3.00 bits per heavy atom. The fourth-order valence-corrected chi connectivity index (χ4v) is 2.28. The summed E-state index contributed by atoms with van der Waals surface area (Å²) in [5.74, 6) is 2.40. The van der Waals surface area contributed by atoms with E-state index >= 15 is 0 Å². The van der Waals surface area contributed by atoms with Gasteiger partial charge < -0.3 is 5.32 Å². The molecule has 1 aliphatic rings. The molecule has 0 spiro atoms. The molecule has 2 atom stereocenters. The van der Waals surface area contributed by atoms with E-state index in [0.29, 0.717) is 5.92 Å². The minimum Gasteiger partial charge on any atom is -0.316 e. The molecule has 1 N–H and O–H groups in total. The molecule has 0 saturated carbocycles. The number of hydrogen-bond acceptors (Lipinski definition) is 2. The molecule has 3 heteroatoms. The molecule has 0 aliphatic carbocycles. The zero-order chi connectivity index (χ0) is 7.40. The number of hydrogen-bond donors (Lipinski definition) is 1. The number of nitrogens with one attached hydrogen (secondary N) is 1. The van der Waals surface area contributed by atoms with Gasteiger partial charge in [-0.1, -0.05) is 6.92 Å². The molecule has 0 aromatic carbocycles. The molecule has 0 aromatic rings. The highest BCUT2D eigenvalue weighted by molar-refractivity contribution is 7.84. The van der Waals surface area contributed by atoms with Crippen molar-refractivity contribution in [1.29, 1.82) is 0 Å². The quantitative estimate of drug-likeness (QED) is 0.648. The highest BCUT2D eigenvalue weighted by Gasteiger charge is 2.15. The lowest BCUT2D eigenvalue weighted by Crippen LogP contribution is -2.15. The highest BCUT2D eigenvalue weighted by Crippen LogP contribution is 2.08. The van der Waals surface area contributed by atoms with Crippen molar-refractivity contribution in [2.45, 2.75) is 13.3 Å². The molecule has 60 valence electrons. The third-order valence-electron chi connectivity index (χ3n) is 1.91. The molecular weight excluding hydrogens is 146 g/mol. The van der Waals surface area contributed by atoms with Gasteiger partial charge in [0, 0.05) is 22.3 Å². The molecule has 1 saturated heterocycles. The molecule has 1 fully saturated rings. The molecule has 1 rings (SSSR count). The van der Waals surface area contributed by atoms with Gasteiger partial charge in [-0.25, -0.2) is 0 Å². The molecule has 2 unspecified atom stereocenters. The summed E-state index contributed by atoms with van der Waals surface area (Å²) in [4.78, 5) is 0. The van der Waals surface area contributed by atoms with Gasteiger partial charge in [-0.3, -0.25) is 4.21 Å². The maximum Gasteiger partial charge on any atom is 0.0275 e. The van der Waals surface area contributed by atoms with Crippen LogP contribution in [-0.2, 0) is 10.8 Å². The standard InChI is InChI=1S/C7H15NOS/c1-2-10(9)6-7-3-4-8-5-7/h7-8H,2-6H2,1H3. The van der Waals surface area contributed by atoms with Crippen LogP contribution in [0.5, 0.6) is 0 Å². The Labute approximate surface area is 64.8 Å². The Kier molecular flexibility index (Phi) is 3.35. The smallest absolute Gasteiger partial charge is 0.0275 e. The molecular formula is C7H15NOS. The van der Waals surface area contributed by atoms with Crippen LogP contribution in [0.25, 0.3) is 0 Å². The maximum atomic E-state index is 11.1. The van der Waals surface area contributed by atoms with E-state index in [1.165, 1.54) is 6.42 Å². The Hall–Kier alpha value is 0.110. The summed E-state index contributed by atoms with van der Waals surface area (Å²) in [6.45, 7) is 4.18. The molecule has 2 nitrogen and oxygen atoms in total. The van der Waals surface area contributed by atoms with Gasteiger partial charge in [0.25, 0.3) is 0 Å². The second-order valence-corrected chi connectivity index (χ2v) is 4.54. The first-order valence-corrected chi connectivity index (χ1v) is 5.37. The van der Waals surface area contributed by atoms with E-state index in [4.69, 9.17) is 0 Å². The summed E-state index contributed by atoms with van der Waals surface area (Å²) in [5.41, 5.74) is 0. The predicted molar refractivity (Wildman–Crippen MR) is 44.5 cm³/mol. The van der Waals surface area contributed by atoms with Gasteiger partial charge in [-0.15, -0.1) is 0 Å². The van der Waals surface area contributed by atoms with Crippen LogP contribution in [0.1, 0.15) is 13.3 Å². The summed E-state index contributed by atoms with van der Waals surface area (Å²) in [6, 6.07) is 0. The van der Waals surface area contributed by atoms with E-state index in [2.05, 4.69) is 5.32 Å². The summed E-state index contributed by atoms with van der Waals surface area (Å²) < 4.78 is 11.1. The van der Waals surface area contributed by atoms with Gasteiger partial charge in [-0.2, -0.15) is 0 Å². The third-order valence-corrected chi connectivity index (χ3v) is 3.39. The van der Waals surface area contributed by atoms with Crippen LogP contribution < -0.4 is 5.32 Å². The van der Waals surface area contributed by atoms with Gasteiger partial charge in [-0.05, 0) is 25.4 Å². The Balaban J connectivity index is 2.17. The van der Waals surface area contributed by atoms with Crippen molar-refractivity contribution in [1.82, 2.24) is 5.32 Å². The average molecular weight is 161 g/mol. The van der Waals surface area contributed by atoms with Crippen molar-refractivity contribution in [3.05, 3.63) is 0 Å². The van der Waals surface area contributed by atoms with Crippen LogP contribution in [-0.4, -0.2) is 28.8 Å². The van der Waals surface area contributed by atoms with Gasteiger partial charge in [0.1, 0.15) is 0 Å². The topological polar surface area (TPSA) is 29.1 Å². The average Bonchev–Trinajstić information content (AvgIpc) is 2.40. The first-order valence-electron chi connectivity index (χ1n) is 3.88. The lowest BCUT2D eigenvalue weighted by Gasteiger charge is -2.04. The van der Waals surface area contributed by atoms with E-state index in [0.717, 1.165) is 24.6 Å². The van der Waals surface area contributed by atoms with Crippen molar-refractivity contribution in [2.75, 3.05) is 24.6 Å². The fourth-order valence-electron chi connectivity index (χ4n) is 1.24. The van der Waals surface area contributed by atoms with E-state index in [9.17, 15) is 4.21 Å². The fraction of sp³-hybridized carbons (Fsp3) is 1.00. The van der Waals surface area contributed by atoms with E-state index in [1.54, 1.807) is 0 Å². The van der Waals surface area contributed by atoms with Crippen molar-refractivity contribution in [3.8, 4) is 0 Å². The minimum absolute atomic E-state index is 0.557. The molecule has 0 radical (unpaired) electrons. The minimum atomic E-state index is -0.557. The first kappa shape index (κ1) is 8.21. The van der Waals surface area contributed by atoms with Crippen LogP contribution >= 0.6 is 0 Å². The Bertz CT molecular complexity index is 121. The molecule has 0 bridgehead atoms. The molecule has 0 aromatic heterocycles. The Morgan fingerprint density at radius 2 is 2.50 bits per heavy atom. The first-order chi connectivity index (χ1) is 4.83. The lowest BCUT2D eigenvalue weighted by atomic mass is 10.2. The van der Waals surface area contributed by atoms with Crippen molar-refractivity contribution >= 4 is 10.8 Å². The third kappa shape index (κ3) is 2.39. The summed E-state index contributed by atoms with van der Waals surface area (Å²) in [7, 11) is -0.557. The van der Waals surface area contributed by atoms with Crippen molar-refractivity contribution < 1.29 is 4.21 Å². The zero-order valence-electron chi connectivity index (χ0n) is 6.43. The van der Waals surface area contributed by atoms with Crippen LogP contribution in [0.4, 0.5) is 0 Å². The molecule has 1 aliphatic heterocycles. The van der Waals surface area contributed by atoms with Crippen LogP contribution in [0.15, 0.2) is 0 Å². The second kappa shape index (κ2) is 4.09. The monoisotopic (exact) mass is 161 g/mol. The van der Waals surface area contributed by atoms with Crippen molar-refractivity contribution in [3.63, 3.8) is 0 Å². The van der Waals surface area contributed by atoms with Crippen LogP contribution in [0.3, 0.4) is 0 Å². The van der Waals surface area contributed by atoms with Crippen LogP contribution in [0.2, 0.25) is 0 Å². The summed E-state index contributed by atoms with van der Waals surface area (Å²) in [6.07, 6.45) is 1.21. The van der Waals surface area contributed by atoms with E-state index < -0.39 is 10.8 Å². The van der Waals surface area contributed by atoms with Gasteiger partial charge in [0.05, 0.1) is 0 Å². The van der Waals surface area contributed by atoms with Crippen LogP contribution in [0, 0.1) is 5.92 Å². The van der Waals surface area contributed by atoms with Gasteiger partial charge >= 0.3 is 0 Å². The largest absolute Gasteiger partial charge is 0.316 e. The van der Waals surface area contributed by atoms with Gasteiger partial charge in [0.15, 0.2) is 0 Å². The SMILES string of the molecule is CCS(=O)CC1CCNC1. The summed E-state index contributed by atoms with van der Waals surface area (Å²) in [5, 5.41) is 3.27. The molecule has 0 amide bonds. The normalized spacial score (nSPS) is 28.7. The number of rotatable bonds is 3. The molecule has 1 heterocycles. The van der Waals surface area contributed by atoms with Crippen molar-refractivity contribution in [2.24, 2.45) is 5.92 Å². The van der Waals surface area contributed by atoms with Gasteiger partial charge in [0.2, 0.25) is 0 Å².